The Morgan fingerprint density at radius 2 is 2.03 bits per heavy atom. The van der Waals surface area contributed by atoms with E-state index in [1.807, 2.05) is 0 Å². The summed E-state index contributed by atoms with van der Waals surface area (Å²) < 4.78 is 48.9. The van der Waals surface area contributed by atoms with Crippen LogP contribution in [0.4, 0.5) is 4.39 Å². The lowest BCUT2D eigenvalue weighted by Crippen LogP contribution is -2.40. The molecule has 0 saturated carbocycles. The molecule has 3 heterocycles. The van der Waals surface area contributed by atoms with Crippen LogP contribution >= 0.6 is 0 Å². The van der Waals surface area contributed by atoms with Crippen molar-refractivity contribution in [1.82, 2.24) is 24.2 Å². The van der Waals surface area contributed by atoms with E-state index in [-0.39, 0.29) is 22.2 Å². The van der Waals surface area contributed by atoms with Gasteiger partial charge in [-0.2, -0.15) is 14.4 Å². The van der Waals surface area contributed by atoms with Gasteiger partial charge in [0.15, 0.2) is 0 Å². The SMILES string of the molecule is Cc1nn(C)c(C)c1S(=O)(=O)N1CCC[C@H](Cc2nc(-c3ccccc3F)no2)C1. The topological polar surface area (TPSA) is 94.1 Å². The molecule has 4 rings (SSSR count). The summed E-state index contributed by atoms with van der Waals surface area (Å²) >= 11 is 0. The van der Waals surface area contributed by atoms with E-state index in [9.17, 15) is 12.8 Å². The van der Waals surface area contributed by atoms with Gasteiger partial charge in [-0.3, -0.25) is 4.68 Å². The molecular weight excluding hydrogens is 409 g/mol. The predicted octanol–water partition coefficient (Wildman–Crippen LogP) is 2.87. The van der Waals surface area contributed by atoms with Crippen LogP contribution in [0.1, 0.15) is 30.1 Å². The van der Waals surface area contributed by atoms with Crippen molar-refractivity contribution in [2.45, 2.75) is 38.0 Å². The molecule has 2 aromatic heterocycles. The average Bonchev–Trinajstić information content (AvgIpc) is 3.26. The van der Waals surface area contributed by atoms with Crippen LogP contribution in [0, 0.1) is 25.6 Å². The maximum atomic E-state index is 14.0. The number of piperidine rings is 1. The molecule has 3 aromatic rings. The summed E-state index contributed by atoms with van der Waals surface area (Å²) in [6.45, 7) is 4.31. The van der Waals surface area contributed by atoms with Gasteiger partial charge in [0.1, 0.15) is 10.7 Å². The number of nitrogens with zero attached hydrogens (tertiary/aromatic N) is 5. The molecule has 0 radical (unpaired) electrons. The van der Waals surface area contributed by atoms with Crippen molar-refractivity contribution in [2.24, 2.45) is 13.0 Å². The van der Waals surface area contributed by atoms with E-state index < -0.39 is 15.8 Å². The summed E-state index contributed by atoms with van der Waals surface area (Å²) in [6.07, 6.45) is 2.05. The Morgan fingerprint density at radius 1 is 1.27 bits per heavy atom. The minimum Gasteiger partial charge on any atom is -0.339 e. The Kier molecular flexibility index (Phi) is 5.46. The molecule has 0 spiro atoms. The molecule has 1 aliphatic heterocycles. The molecule has 8 nitrogen and oxygen atoms in total. The highest BCUT2D eigenvalue weighted by Crippen LogP contribution is 2.29. The number of aromatic nitrogens is 4. The second-order valence-corrected chi connectivity index (χ2v) is 9.57. The summed E-state index contributed by atoms with van der Waals surface area (Å²) in [6, 6.07) is 6.25. The van der Waals surface area contributed by atoms with Crippen LogP contribution in [0.2, 0.25) is 0 Å². The number of halogens is 1. The van der Waals surface area contributed by atoms with E-state index in [1.54, 1.807) is 43.8 Å². The average molecular weight is 434 g/mol. The minimum atomic E-state index is -3.64. The van der Waals surface area contributed by atoms with Gasteiger partial charge in [0.2, 0.25) is 21.7 Å². The van der Waals surface area contributed by atoms with Crippen LogP contribution in [0.3, 0.4) is 0 Å². The van der Waals surface area contributed by atoms with Crippen LogP contribution in [0.5, 0.6) is 0 Å². The highest BCUT2D eigenvalue weighted by Gasteiger charge is 2.34. The molecule has 0 unspecified atom stereocenters. The number of hydrogen-bond donors (Lipinski definition) is 0. The first-order valence-electron chi connectivity index (χ1n) is 9.85. The zero-order chi connectivity index (χ0) is 21.5. The van der Waals surface area contributed by atoms with Crippen LogP contribution < -0.4 is 0 Å². The summed E-state index contributed by atoms with van der Waals surface area (Å²) in [5.74, 6) is 0.206. The molecular formula is C20H24FN5O3S. The molecule has 0 bridgehead atoms. The second kappa shape index (κ2) is 7.92. The zero-order valence-electron chi connectivity index (χ0n) is 17.2. The lowest BCUT2D eigenvalue weighted by Gasteiger charge is -2.31. The van der Waals surface area contributed by atoms with E-state index >= 15 is 0 Å². The monoisotopic (exact) mass is 433 g/mol. The Labute approximate surface area is 174 Å². The van der Waals surface area contributed by atoms with Gasteiger partial charge in [-0.05, 0) is 44.7 Å². The number of aryl methyl sites for hydroxylation is 2. The number of benzene rings is 1. The van der Waals surface area contributed by atoms with Crippen LogP contribution in [-0.4, -0.2) is 45.7 Å². The molecule has 0 N–H and O–H groups in total. The summed E-state index contributed by atoms with van der Waals surface area (Å²) in [5.41, 5.74) is 1.41. The quantitative estimate of drug-likeness (QED) is 0.614. The first-order chi connectivity index (χ1) is 14.3. The van der Waals surface area contributed by atoms with Crippen molar-refractivity contribution < 1.29 is 17.3 Å². The van der Waals surface area contributed by atoms with E-state index in [0.29, 0.717) is 36.8 Å². The van der Waals surface area contributed by atoms with Gasteiger partial charge in [-0.15, -0.1) is 0 Å². The molecule has 0 aliphatic carbocycles. The van der Waals surface area contributed by atoms with Crippen LogP contribution in [0.25, 0.3) is 11.4 Å². The highest BCUT2D eigenvalue weighted by atomic mass is 32.2. The first kappa shape index (κ1) is 20.7. The molecule has 1 aromatic carbocycles. The lowest BCUT2D eigenvalue weighted by molar-refractivity contribution is 0.247. The minimum absolute atomic E-state index is 0.0414. The Morgan fingerprint density at radius 3 is 2.73 bits per heavy atom. The third-order valence-corrected chi connectivity index (χ3v) is 7.69. The highest BCUT2D eigenvalue weighted by molar-refractivity contribution is 7.89. The molecule has 1 atom stereocenters. The third-order valence-electron chi connectivity index (χ3n) is 5.57. The number of hydrogen-bond acceptors (Lipinski definition) is 6. The van der Waals surface area contributed by atoms with Crippen molar-refractivity contribution in [3.8, 4) is 11.4 Å². The fourth-order valence-corrected chi connectivity index (χ4v) is 5.96. The fourth-order valence-electron chi connectivity index (χ4n) is 4.01. The van der Waals surface area contributed by atoms with Gasteiger partial charge in [0, 0.05) is 26.6 Å². The van der Waals surface area contributed by atoms with E-state index in [0.717, 1.165) is 12.8 Å². The van der Waals surface area contributed by atoms with E-state index in [4.69, 9.17) is 4.52 Å². The van der Waals surface area contributed by atoms with Crippen molar-refractivity contribution >= 4 is 10.0 Å². The maximum Gasteiger partial charge on any atom is 0.246 e. The lowest BCUT2D eigenvalue weighted by atomic mass is 9.96. The fraction of sp³-hybridized carbons (Fsp3) is 0.450. The van der Waals surface area contributed by atoms with Crippen LogP contribution in [0.15, 0.2) is 33.7 Å². The first-order valence-corrected chi connectivity index (χ1v) is 11.3. The van der Waals surface area contributed by atoms with Gasteiger partial charge in [0.05, 0.1) is 17.0 Å². The molecule has 30 heavy (non-hydrogen) atoms. The molecule has 1 saturated heterocycles. The number of sulfonamides is 1. The third kappa shape index (κ3) is 3.77. The molecule has 1 aliphatic rings. The van der Waals surface area contributed by atoms with Crippen molar-refractivity contribution in [1.29, 1.82) is 0 Å². The molecule has 1 fully saturated rings. The Balaban J connectivity index is 1.51. The van der Waals surface area contributed by atoms with E-state index in [2.05, 4.69) is 15.2 Å². The van der Waals surface area contributed by atoms with Crippen molar-refractivity contribution in [3.63, 3.8) is 0 Å². The Bertz CT molecular complexity index is 1170. The van der Waals surface area contributed by atoms with Gasteiger partial charge >= 0.3 is 0 Å². The molecule has 0 amide bonds. The Hall–Kier alpha value is -2.59. The largest absolute Gasteiger partial charge is 0.339 e. The van der Waals surface area contributed by atoms with Gasteiger partial charge in [-0.25, -0.2) is 12.8 Å². The van der Waals surface area contributed by atoms with Gasteiger partial charge < -0.3 is 4.52 Å². The number of rotatable bonds is 5. The molecule has 10 heteroatoms. The summed E-state index contributed by atoms with van der Waals surface area (Å²) in [4.78, 5) is 4.60. The van der Waals surface area contributed by atoms with Crippen molar-refractivity contribution in [2.75, 3.05) is 13.1 Å². The second-order valence-electron chi connectivity index (χ2n) is 7.69. The zero-order valence-corrected chi connectivity index (χ0v) is 18.0. The smallest absolute Gasteiger partial charge is 0.246 e. The molecule has 160 valence electrons. The summed E-state index contributed by atoms with van der Waals surface area (Å²) in [7, 11) is -1.90. The maximum absolute atomic E-state index is 14.0. The van der Waals surface area contributed by atoms with Crippen LogP contribution in [-0.2, 0) is 23.5 Å². The van der Waals surface area contributed by atoms with Gasteiger partial charge in [0.25, 0.3) is 0 Å². The summed E-state index contributed by atoms with van der Waals surface area (Å²) in [5, 5.41) is 8.13. The standard InChI is InChI=1S/C20H24FN5O3S/c1-13-19(14(2)25(3)23-13)30(27,28)26-10-6-7-15(12-26)11-18-22-20(24-29-18)16-8-4-5-9-17(16)21/h4-5,8-9,15H,6-7,10-12H2,1-3H3/t15-/m1/s1. The normalized spacial score (nSPS) is 18.1. The predicted molar refractivity (Wildman–Crippen MR) is 108 cm³/mol. The van der Waals surface area contributed by atoms with E-state index in [1.165, 1.54) is 10.4 Å². The van der Waals surface area contributed by atoms with Gasteiger partial charge in [-0.1, -0.05) is 17.3 Å². The van der Waals surface area contributed by atoms with Crippen molar-refractivity contribution in [3.05, 3.63) is 47.4 Å².